The Morgan fingerprint density at radius 3 is 2.71 bits per heavy atom. The molecule has 2 heterocycles. The standard InChI is InChI=1S/C17H23N3O/c21-15-17(14-16-6-2-1-3-7-16)8-4-10-19(17)12-13-20-11-5-9-18-20/h1-3,5-7,9,11,21H,4,8,10,12-15H2/t17-/m1/s1. The van der Waals surface area contributed by atoms with Crippen LogP contribution in [0.5, 0.6) is 0 Å². The molecule has 0 aliphatic carbocycles. The summed E-state index contributed by atoms with van der Waals surface area (Å²) in [5, 5.41) is 14.3. The Kier molecular flexibility index (Phi) is 4.36. The summed E-state index contributed by atoms with van der Waals surface area (Å²) in [5.74, 6) is 0. The number of hydrogen-bond acceptors (Lipinski definition) is 3. The summed E-state index contributed by atoms with van der Waals surface area (Å²) in [6, 6.07) is 12.4. The number of aliphatic hydroxyl groups is 1. The van der Waals surface area contributed by atoms with Crippen molar-refractivity contribution < 1.29 is 5.11 Å². The molecule has 0 spiro atoms. The molecule has 1 aliphatic heterocycles. The van der Waals surface area contributed by atoms with E-state index in [2.05, 4.69) is 34.3 Å². The van der Waals surface area contributed by atoms with E-state index >= 15 is 0 Å². The van der Waals surface area contributed by atoms with Gasteiger partial charge in [0.25, 0.3) is 0 Å². The maximum absolute atomic E-state index is 10.0. The zero-order valence-electron chi connectivity index (χ0n) is 12.4. The first-order chi connectivity index (χ1) is 10.3. The molecule has 0 saturated carbocycles. The lowest BCUT2D eigenvalue weighted by Crippen LogP contribution is -2.49. The van der Waals surface area contributed by atoms with Gasteiger partial charge < -0.3 is 5.11 Å². The third-order valence-electron chi connectivity index (χ3n) is 4.57. The summed E-state index contributed by atoms with van der Waals surface area (Å²) < 4.78 is 1.96. The van der Waals surface area contributed by atoms with Gasteiger partial charge in [0.05, 0.1) is 13.2 Å². The maximum Gasteiger partial charge on any atom is 0.0618 e. The van der Waals surface area contributed by atoms with Gasteiger partial charge in [-0.1, -0.05) is 30.3 Å². The Morgan fingerprint density at radius 2 is 2.00 bits per heavy atom. The highest BCUT2D eigenvalue weighted by atomic mass is 16.3. The van der Waals surface area contributed by atoms with Crippen LogP contribution in [0.3, 0.4) is 0 Å². The minimum absolute atomic E-state index is 0.103. The van der Waals surface area contributed by atoms with Crippen molar-refractivity contribution in [3.63, 3.8) is 0 Å². The molecule has 1 atom stereocenters. The van der Waals surface area contributed by atoms with Gasteiger partial charge in [-0.25, -0.2) is 0 Å². The molecule has 112 valence electrons. The maximum atomic E-state index is 10.0. The fourth-order valence-electron chi connectivity index (χ4n) is 3.41. The third-order valence-corrected chi connectivity index (χ3v) is 4.57. The van der Waals surface area contributed by atoms with Gasteiger partial charge in [0.2, 0.25) is 0 Å². The summed E-state index contributed by atoms with van der Waals surface area (Å²) in [5.41, 5.74) is 1.20. The van der Waals surface area contributed by atoms with E-state index in [9.17, 15) is 5.11 Å². The van der Waals surface area contributed by atoms with Crippen molar-refractivity contribution in [3.8, 4) is 0 Å². The second-order valence-electron chi connectivity index (χ2n) is 5.90. The molecule has 2 aromatic rings. The molecule has 0 amide bonds. The molecule has 1 N–H and O–H groups in total. The van der Waals surface area contributed by atoms with Gasteiger partial charge in [0.1, 0.15) is 0 Å². The van der Waals surface area contributed by atoms with E-state index in [-0.39, 0.29) is 12.1 Å². The summed E-state index contributed by atoms with van der Waals surface area (Å²) in [6.07, 6.45) is 6.95. The lowest BCUT2D eigenvalue weighted by molar-refractivity contribution is 0.0605. The number of benzene rings is 1. The average molecular weight is 285 g/mol. The van der Waals surface area contributed by atoms with Gasteiger partial charge in [0, 0.05) is 24.5 Å². The number of nitrogens with zero attached hydrogens (tertiary/aromatic N) is 3. The van der Waals surface area contributed by atoms with Gasteiger partial charge in [-0.2, -0.15) is 5.10 Å². The Balaban J connectivity index is 1.69. The summed E-state index contributed by atoms with van der Waals surface area (Å²) in [6.45, 7) is 3.11. The number of likely N-dealkylation sites (tertiary alicyclic amines) is 1. The molecule has 1 aromatic heterocycles. The molecule has 1 aliphatic rings. The summed E-state index contributed by atoms with van der Waals surface area (Å²) in [4.78, 5) is 2.45. The lowest BCUT2D eigenvalue weighted by atomic mass is 9.89. The fraction of sp³-hybridized carbons (Fsp3) is 0.471. The summed E-state index contributed by atoms with van der Waals surface area (Å²) in [7, 11) is 0. The highest BCUT2D eigenvalue weighted by Crippen LogP contribution is 2.32. The van der Waals surface area contributed by atoms with Crippen LogP contribution in [-0.4, -0.2) is 45.0 Å². The molecule has 0 unspecified atom stereocenters. The zero-order valence-corrected chi connectivity index (χ0v) is 12.4. The van der Waals surface area contributed by atoms with Crippen LogP contribution in [0, 0.1) is 0 Å². The number of aliphatic hydroxyl groups excluding tert-OH is 1. The molecule has 0 radical (unpaired) electrons. The van der Waals surface area contributed by atoms with Gasteiger partial charge in [-0.05, 0) is 37.4 Å². The third kappa shape index (κ3) is 3.17. The quantitative estimate of drug-likeness (QED) is 0.882. The van der Waals surface area contributed by atoms with E-state index in [1.165, 1.54) is 5.56 Å². The van der Waals surface area contributed by atoms with Crippen LogP contribution in [0.15, 0.2) is 48.8 Å². The molecule has 1 aromatic carbocycles. The smallest absolute Gasteiger partial charge is 0.0618 e. The van der Waals surface area contributed by atoms with E-state index in [1.54, 1.807) is 0 Å². The van der Waals surface area contributed by atoms with Gasteiger partial charge >= 0.3 is 0 Å². The van der Waals surface area contributed by atoms with Crippen molar-refractivity contribution in [3.05, 3.63) is 54.4 Å². The van der Waals surface area contributed by atoms with Crippen molar-refractivity contribution in [1.82, 2.24) is 14.7 Å². The second kappa shape index (κ2) is 6.41. The highest BCUT2D eigenvalue weighted by Gasteiger charge is 2.40. The normalized spacial score (nSPS) is 22.7. The van der Waals surface area contributed by atoms with Gasteiger partial charge in [0.15, 0.2) is 0 Å². The van der Waals surface area contributed by atoms with E-state index in [1.807, 2.05) is 29.2 Å². The van der Waals surface area contributed by atoms with E-state index in [4.69, 9.17) is 0 Å². The molecule has 3 rings (SSSR count). The van der Waals surface area contributed by atoms with Crippen LogP contribution in [-0.2, 0) is 13.0 Å². The molecular formula is C17H23N3O. The van der Waals surface area contributed by atoms with Crippen LogP contribution >= 0.6 is 0 Å². The van der Waals surface area contributed by atoms with Crippen molar-refractivity contribution in [2.24, 2.45) is 0 Å². The SMILES string of the molecule is OC[C@]1(Cc2ccccc2)CCCN1CCn1cccn1. The molecule has 0 bridgehead atoms. The van der Waals surface area contributed by atoms with Crippen molar-refractivity contribution in [1.29, 1.82) is 0 Å². The molecule has 4 heteroatoms. The predicted octanol–water partition coefficient (Wildman–Crippen LogP) is 1.95. The Labute approximate surface area is 126 Å². The summed E-state index contributed by atoms with van der Waals surface area (Å²) >= 11 is 0. The van der Waals surface area contributed by atoms with Gasteiger partial charge in [-0.3, -0.25) is 9.58 Å². The molecule has 1 fully saturated rings. The lowest BCUT2D eigenvalue weighted by Gasteiger charge is -2.37. The van der Waals surface area contributed by atoms with E-state index < -0.39 is 0 Å². The van der Waals surface area contributed by atoms with Crippen LogP contribution in [0.1, 0.15) is 18.4 Å². The van der Waals surface area contributed by atoms with E-state index in [0.29, 0.717) is 0 Å². The average Bonchev–Trinajstić information content (AvgIpc) is 3.16. The predicted molar refractivity (Wildman–Crippen MR) is 83.0 cm³/mol. The monoisotopic (exact) mass is 285 g/mol. The van der Waals surface area contributed by atoms with Crippen LogP contribution in [0.4, 0.5) is 0 Å². The Morgan fingerprint density at radius 1 is 1.14 bits per heavy atom. The minimum Gasteiger partial charge on any atom is -0.394 e. The van der Waals surface area contributed by atoms with Crippen molar-refractivity contribution >= 4 is 0 Å². The Bertz CT molecular complexity index is 540. The first-order valence-electron chi connectivity index (χ1n) is 7.70. The number of aromatic nitrogens is 2. The topological polar surface area (TPSA) is 41.3 Å². The molecular weight excluding hydrogens is 262 g/mol. The number of rotatable bonds is 6. The van der Waals surface area contributed by atoms with Crippen LogP contribution in [0.25, 0.3) is 0 Å². The highest BCUT2D eigenvalue weighted by molar-refractivity contribution is 5.19. The molecule has 4 nitrogen and oxygen atoms in total. The van der Waals surface area contributed by atoms with Gasteiger partial charge in [-0.15, -0.1) is 0 Å². The Hall–Kier alpha value is -1.65. The fourth-order valence-corrected chi connectivity index (χ4v) is 3.41. The van der Waals surface area contributed by atoms with Crippen molar-refractivity contribution in [2.45, 2.75) is 31.3 Å². The van der Waals surface area contributed by atoms with Crippen LogP contribution < -0.4 is 0 Å². The largest absolute Gasteiger partial charge is 0.394 e. The van der Waals surface area contributed by atoms with Crippen LogP contribution in [0.2, 0.25) is 0 Å². The first-order valence-corrected chi connectivity index (χ1v) is 7.70. The molecule has 21 heavy (non-hydrogen) atoms. The first kappa shape index (κ1) is 14.3. The molecule has 1 saturated heterocycles. The second-order valence-corrected chi connectivity index (χ2v) is 5.90. The minimum atomic E-state index is -0.103. The zero-order chi connectivity index (χ0) is 14.5. The number of hydrogen-bond donors (Lipinski definition) is 1. The van der Waals surface area contributed by atoms with E-state index in [0.717, 1.165) is 38.9 Å². The van der Waals surface area contributed by atoms with Crippen molar-refractivity contribution in [2.75, 3.05) is 19.7 Å².